The molecule has 0 aliphatic carbocycles. The molecule has 0 saturated heterocycles. The third kappa shape index (κ3) is 4.42. The van der Waals surface area contributed by atoms with Gasteiger partial charge in [0.1, 0.15) is 0 Å². The predicted molar refractivity (Wildman–Crippen MR) is 71.7 cm³/mol. The Hall–Kier alpha value is -0.0800. The minimum absolute atomic E-state index is 0.0668. The van der Waals surface area contributed by atoms with Gasteiger partial charge in [0.25, 0.3) is 0 Å². The summed E-state index contributed by atoms with van der Waals surface area (Å²) >= 11 is 0. The quantitative estimate of drug-likeness (QED) is 0.635. The van der Waals surface area contributed by atoms with Crippen molar-refractivity contribution in [3.63, 3.8) is 0 Å². The second kappa shape index (κ2) is 8.08. The van der Waals surface area contributed by atoms with Gasteiger partial charge < -0.3 is 10.4 Å². The lowest BCUT2D eigenvalue weighted by atomic mass is 9.88. The van der Waals surface area contributed by atoms with Gasteiger partial charge in [0, 0.05) is 11.6 Å². The molecule has 2 nitrogen and oxygen atoms in total. The topological polar surface area (TPSA) is 32.3 Å². The third-order valence-corrected chi connectivity index (χ3v) is 4.02. The van der Waals surface area contributed by atoms with Gasteiger partial charge in [0.15, 0.2) is 0 Å². The number of hydrogen-bond acceptors (Lipinski definition) is 2. The molecule has 0 aromatic carbocycles. The van der Waals surface area contributed by atoms with Crippen molar-refractivity contribution in [3.8, 4) is 0 Å². The van der Waals surface area contributed by atoms with Crippen molar-refractivity contribution in [1.29, 1.82) is 0 Å². The number of aliphatic hydroxyl groups excluding tert-OH is 1. The molecule has 2 heteroatoms. The highest BCUT2D eigenvalue weighted by Gasteiger charge is 2.29. The van der Waals surface area contributed by atoms with E-state index in [1.165, 1.54) is 12.8 Å². The van der Waals surface area contributed by atoms with Crippen LogP contribution in [0.5, 0.6) is 0 Å². The zero-order valence-electron chi connectivity index (χ0n) is 11.8. The summed E-state index contributed by atoms with van der Waals surface area (Å²) in [6.07, 6.45) is 5.64. The molecule has 0 amide bonds. The molecule has 0 saturated carbocycles. The highest BCUT2D eigenvalue weighted by atomic mass is 16.3. The SMILES string of the molecule is CCCC(C)C(CC)NC(CC)(CC)CO. The van der Waals surface area contributed by atoms with E-state index in [4.69, 9.17) is 0 Å². The van der Waals surface area contributed by atoms with Crippen molar-refractivity contribution in [3.05, 3.63) is 0 Å². The Kier molecular flexibility index (Phi) is 8.04. The normalized spacial score (nSPS) is 16.1. The standard InChI is InChI=1S/C14H31NO/c1-6-10-12(5)13(7-2)15-14(8-3,9-4)11-16/h12-13,15-16H,6-11H2,1-5H3. The molecule has 0 heterocycles. The van der Waals surface area contributed by atoms with Crippen LogP contribution in [0.25, 0.3) is 0 Å². The first-order valence-electron chi connectivity index (χ1n) is 6.97. The van der Waals surface area contributed by atoms with Crippen LogP contribution >= 0.6 is 0 Å². The molecule has 0 aliphatic rings. The van der Waals surface area contributed by atoms with E-state index in [9.17, 15) is 5.11 Å². The van der Waals surface area contributed by atoms with Crippen LogP contribution in [0.4, 0.5) is 0 Å². The zero-order chi connectivity index (χ0) is 12.6. The van der Waals surface area contributed by atoms with Crippen LogP contribution in [0.2, 0.25) is 0 Å². The number of rotatable bonds is 9. The summed E-state index contributed by atoms with van der Waals surface area (Å²) in [7, 11) is 0. The molecule has 2 N–H and O–H groups in total. The summed E-state index contributed by atoms with van der Waals surface area (Å²) in [6, 6.07) is 0.534. The van der Waals surface area contributed by atoms with Crippen LogP contribution in [0, 0.1) is 5.92 Å². The Bertz CT molecular complexity index is 158. The Morgan fingerprint density at radius 2 is 1.69 bits per heavy atom. The molecule has 16 heavy (non-hydrogen) atoms. The molecule has 0 aliphatic heterocycles. The van der Waals surface area contributed by atoms with Gasteiger partial charge in [-0.25, -0.2) is 0 Å². The van der Waals surface area contributed by atoms with Crippen molar-refractivity contribution < 1.29 is 5.11 Å². The van der Waals surface area contributed by atoms with Crippen LogP contribution < -0.4 is 5.32 Å². The highest BCUT2D eigenvalue weighted by Crippen LogP contribution is 2.21. The Labute approximate surface area is 102 Å². The van der Waals surface area contributed by atoms with E-state index < -0.39 is 0 Å². The molecule has 0 aromatic heterocycles. The van der Waals surface area contributed by atoms with Crippen molar-refractivity contribution in [2.24, 2.45) is 5.92 Å². The van der Waals surface area contributed by atoms with Gasteiger partial charge in [-0.05, 0) is 31.6 Å². The summed E-state index contributed by atoms with van der Waals surface area (Å²) in [4.78, 5) is 0. The largest absolute Gasteiger partial charge is 0.394 e. The van der Waals surface area contributed by atoms with Crippen LogP contribution in [-0.4, -0.2) is 23.3 Å². The summed E-state index contributed by atoms with van der Waals surface area (Å²) in [5.41, 5.74) is -0.0668. The minimum atomic E-state index is -0.0668. The second-order valence-corrected chi connectivity index (χ2v) is 5.07. The lowest BCUT2D eigenvalue weighted by molar-refractivity contribution is 0.123. The molecule has 0 rings (SSSR count). The van der Waals surface area contributed by atoms with Crippen LogP contribution in [0.1, 0.15) is 66.7 Å². The van der Waals surface area contributed by atoms with Gasteiger partial charge >= 0.3 is 0 Å². The molecule has 2 unspecified atom stereocenters. The molecule has 0 bridgehead atoms. The lowest BCUT2D eigenvalue weighted by Crippen LogP contribution is -2.54. The van der Waals surface area contributed by atoms with E-state index >= 15 is 0 Å². The maximum atomic E-state index is 9.57. The smallest absolute Gasteiger partial charge is 0.0613 e. The van der Waals surface area contributed by atoms with E-state index in [0.29, 0.717) is 12.0 Å². The first-order valence-corrected chi connectivity index (χ1v) is 6.97. The number of nitrogens with one attached hydrogen (secondary N) is 1. The molecule has 0 fully saturated rings. The van der Waals surface area contributed by atoms with E-state index in [-0.39, 0.29) is 12.1 Å². The lowest BCUT2D eigenvalue weighted by Gasteiger charge is -2.37. The fourth-order valence-corrected chi connectivity index (χ4v) is 2.42. The fraction of sp³-hybridized carbons (Fsp3) is 1.00. The van der Waals surface area contributed by atoms with E-state index in [1.54, 1.807) is 0 Å². The van der Waals surface area contributed by atoms with Gasteiger partial charge in [-0.1, -0.05) is 41.0 Å². The zero-order valence-corrected chi connectivity index (χ0v) is 11.8. The molecule has 0 aromatic rings. The number of hydrogen-bond donors (Lipinski definition) is 2. The van der Waals surface area contributed by atoms with Crippen LogP contribution in [0.15, 0.2) is 0 Å². The monoisotopic (exact) mass is 229 g/mol. The highest BCUT2D eigenvalue weighted by molar-refractivity contribution is 4.89. The van der Waals surface area contributed by atoms with Crippen molar-refractivity contribution in [1.82, 2.24) is 5.32 Å². The molecule has 0 radical (unpaired) electrons. The Balaban J connectivity index is 4.48. The van der Waals surface area contributed by atoms with E-state index in [0.717, 1.165) is 19.3 Å². The van der Waals surface area contributed by atoms with Gasteiger partial charge in [-0.15, -0.1) is 0 Å². The summed E-state index contributed by atoms with van der Waals surface area (Å²) in [6.45, 7) is 11.3. The molecular formula is C14H31NO. The van der Waals surface area contributed by atoms with Gasteiger partial charge in [-0.2, -0.15) is 0 Å². The molecule has 98 valence electrons. The molecular weight excluding hydrogens is 198 g/mol. The summed E-state index contributed by atoms with van der Waals surface area (Å²) in [5, 5.41) is 13.3. The van der Waals surface area contributed by atoms with Gasteiger partial charge in [-0.3, -0.25) is 0 Å². The summed E-state index contributed by atoms with van der Waals surface area (Å²) in [5.74, 6) is 0.694. The van der Waals surface area contributed by atoms with E-state index in [1.807, 2.05) is 0 Å². The average molecular weight is 229 g/mol. The average Bonchev–Trinajstić information content (AvgIpc) is 2.32. The maximum absolute atomic E-state index is 9.57. The Morgan fingerprint density at radius 3 is 2.00 bits per heavy atom. The number of aliphatic hydroxyl groups is 1. The molecule has 0 spiro atoms. The van der Waals surface area contributed by atoms with Crippen molar-refractivity contribution >= 4 is 0 Å². The second-order valence-electron chi connectivity index (χ2n) is 5.07. The first-order chi connectivity index (χ1) is 7.59. The maximum Gasteiger partial charge on any atom is 0.0613 e. The van der Waals surface area contributed by atoms with Crippen LogP contribution in [0.3, 0.4) is 0 Å². The predicted octanol–water partition coefficient (Wildman–Crippen LogP) is 3.34. The summed E-state index contributed by atoms with van der Waals surface area (Å²) < 4.78 is 0. The third-order valence-electron chi connectivity index (χ3n) is 4.02. The Morgan fingerprint density at radius 1 is 1.12 bits per heavy atom. The van der Waals surface area contributed by atoms with Crippen molar-refractivity contribution in [2.45, 2.75) is 78.3 Å². The fourth-order valence-electron chi connectivity index (χ4n) is 2.42. The van der Waals surface area contributed by atoms with Crippen molar-refractivity contribution in [2.75, 3.05) is 6.61 Å². The van der Waals surface area contributed by atoms with Crippen LogP contribution in [-0.2, 0) is 0 Å². The molecule has 2 atom stereocenters. The minimum Gasteiger partial charge on any atom is -0.394 e. The first kappa shape index (κ1) is 15.9. The van der Waals surface area contributed by atoms with E-state index in [2.05, 4.69) is 39.9 Å². The van der Waals surface area contributed by atoms with Gasteiger partial charge in [0.05, 0.1) is 6.61 Å². The van der Waals surface area contributed by atoms with Gasteiger partial charge in [0.2, 0.25) is 0 Å².